The van der Waals surface area contributed by atoms with Crippen molar-refractivity contribution < 1.29 is 14.6 Å². The Bertz CT molecular complexity index is 782. The van der Waals surface area contributed by atoms with E-state index in [1.807, 2.05) is 24.3 Å². The van der Waals surface area contributed by atoms with Gasteiger partial charge >= 0.3 is 0 Å². The number of benzene rings is 1. The number of hydrogen-bond donors (Lipinski definition) is 1. The van der Waals surface area contributed by atoms with Crippen LogP contribution < -0.4 is 4.74 Å². The standard InChI is InChI=1S/C20H21ClN2O3/c21-17-3-1-2-4-20(17)26-16-7-13-10-23(11-14(13)8-16)12-19(25)18-6-5-15(24)9-22-18/h1-6,9,13-14,16,24H,7-8,10-12H2/t13-,14+,16?. The number of para-hydroxylation sites is 1. The first-order valence-corrected chi connectivity index (χ1v) is 9.28. The normalized spacial score (nSPS) is 25.2. The van der Waals surface area contributed by atoms with Crippen LogP contribution in [0.1, 0.15) is 23.3 Å². The van der Waals surface area contributed by atoms with Crippen LogP contribution in [0.15, 0.2) is 42.6 Å². The van der Waals surface area contributed by atoms with Gasteiger partial charge in [0.25, 0.3) is 0 Å². The zero-order valence-corrected chi connectivity index (χ0v) is 15.1. The van der Waals surface area contributed by atoms with E-state index in [1.54, 1.807) is 6.07 Å². The third kappa shape index (κ3) is 3.69. The minimum atomic E-state index is -0.00570. The van der Waals surface area contributed by atoms with Crippen LogP contribution in [0.4, 0.5) is 0 Å². The number of hydrogen-bond acceptors (Lipinski definition) is 5. The summed E-state index contributed by atoms with van der Waals surface area (Å²) in [5, 5.41) is 9.93. The van der Waals surface area contributed by atoms with Crippen molar-refractivity contribution in [2.24, 2.45) is 11.8 Å². The zero-order chi connectivity index (χ0) is 18.1. The molecule has 0 bridgehead atoms. The first kappa shape index (κ1) is 17.3. The maximum absolute atomic E-state index is 12.3. The Hall–Kier alpha value is -2.11. The van der Waals surface area contributed by atoms with Gasteiger partial charge in [0, 0.05) is 13.1 Å². The average Bonchev–Trinajstić information content (AvgIpc) is 3.15. The number of likely N-dealkylation sites (tertiary alicyclic amines) is 1. The molecule has 5 nitrogen and oxygen atoms in total. The third-order valence-corrected chi connectivity index (χ3v) is 5.63. The molecule has 6 heteroatoms. The quantitative estimate of drug-likeness (QED) is 0.815. The lowest BCUT2D eigenvalue weighted by Crippen LogP contribution is -2.30. The lowest BCUT2D eigenvalue weighted by Gasteiger charge is -2.19. The minimum absolute atomic E-state index is 0.00570. The smallest absolute Gasteiger partial charge is 0.195 e. The van der Waals surface area contributed by atoms with Gasteiger partial charge in [-0.25, -0.2) is 4.98 Å². The highest BCUT2D eigenvalue weighted by Gasteiger charge is 2.42. The molecule has 2 aliphatic rings. The van der Waals surface area contributed by atoms with Gasteiger partial charge in [0.05, 0.1) is 23.9 Å². The fraction of sp³-hybridized carbons (Fsp3) is 0.400. The van der Waals surface area contributed by atoms with Crippen molar-refractivity contribution in [3.05, 3.63) is 53.3 Å². The summed E-state index contributed by atoms with van der Waals surface area (Å²) in [5.41, 5.74) is 0.403. The van der Waals surface area contributed by atoms with Gasteiger partial charge in [-0.2, -0.15) is 0 Å². The summed E-state index contributed by atoms with van der Waals surface area (Å²) in [6.45, 7) is 2.20. The van der Waals surface area contributed by atoms with Gasteiger partial charge in [0.1, 0.15) is 17.2 Å². The summed E-state index contributed by atoms with van der Waals surface area (Å²) < 4.78 is 6.09. The molecule has 1 aliphatic carbocycles. The van der Waals surface area contributed by atoms with Gasteiger partial charge < -0.3 is 9.84 Å². The fourth-order valence-corrected chi connectivity index (χ4v) is 4.30. The van der Waals surface area contributed by atoms with Crippen molar-refractivity contribution >= 4 is 17.4 Å². The Balaban J connectivity index is 1.30. The number of carbonyl (C=O) groups is 1. The number of aromatic nitrogens is 1. The highest BCUT2D eigenvalue weighted by atomic mass is 35.5. The molecule has 0 radical (unpaired) electrons. The van der Waals surface area contributed by atoms with Crippen LogP contribution in [0.25, 0.3) is 0 Å². The molecule has 1 unspecified atom stereocenters. The number of ether oxygens (including phenoxy) is 1. The van der Waals surface area contributed by atoms with Gasteiger partial charge in [-0.3, -0.25) is 9.69 Å². The number of rotatable bonds is 5. The molecular formula is C20H21ClN2O3. The van der Waals surface area contributed by atoms with Crippen LogP contribution in [0, 0.1) is 11.8 Å². The molecule has 0 spiro atoms. The molecule has 4 rings (SSSR count). The number of pyridine rings is 1. The van der Waals surface area contributed by atoms with E-state index in [0.29, 0.717) is 29.1 Å². The Labute approximate surface area is 157 Å². The predicted octanol–water partition coefficient (Wildman–Crippen LogP) is 3.41. The molecule has 1 N–H and O–H groups in total. The van der Waals surface area contributed by atoms with Crippen molar-refractivity contribution in [1.29, 1.82) is 0 Å². The third-order valence-electron chi connectivity index (χ3n) is 5.31. The molecule has 2 heterocycles. The predicted molar refractivity (Wildman–Crippen MR) is 98.8 cm³/mol. The van der Waals surface area contributed by atoms with E-state index in [1.165, 1.54) is 12.3 Å². The number of carbonyl (C=O) groups excluding carboxylic acids is 1. The minimum Gasteiger partial charge on any atom is -0.506 e. The van der Waals surface area contributed by atoms with Gasteiger partial charge in [-0.1, -0.05) is 23.7 Å². The highest BCUT2D eigenvalue weighted by Crippen LogP contribution is 2.40. The molecule has 2 fully saturated rings. The number of ketones is 1. The van der Waals surface area contributed by atoms with Crippen molar-refractivity contribution in [3.63, 3.8) is 0 Å². The SMILES string of the molecule is O=C(CN1C[C@H]2CC(Oc3ccccc3Cl)C[C@H]2C1)c1ccc(O)cn1. The van der Waals surface area contributed by atoms with Crippen LogP contribution >= 0.6 is 11.6 Å². The summed E-state index contributed by atoms with van der Waals surface area (Å²) in [7, 11) is 0. The maximum atomic E-state index is 12.3. The van der Waals surface area contributed by atoms with Crippen LogP contribution in [0.3, 0.4) is 0 Å². The van der Waals surface area contributed by atoms with Crippen LogP contribution in [-0.4, -0.2) is 46.5 Å². The summed E-state index contributed by atoms with van der Waals surface area (Å²) in [6.07, 6.45) is 3.50. The summed E-state index contributed by atoms with van der Waals surface area (Å²) in [4.78, 5) is 18.6. The van der Waals surface area contributed by atoms with E-state index in [2.05, 4.69) is 9.88 Å². The summed E-state index contributed by atoms with van der Waals surface area (Å²) in [5.74, 6) is 1.94. The topological polar surface area (TPSA) is 62.7 Å². The molecule has 136 valence electrons. The monoisotopic (exact) mass is 372 g/mol. The molecule has 0 amide bonds. The number of fused-ring (bicyclic) bond motifs is 1. The Morgan fingerprint density at radius 1 is 1.19 bits per heavy atom. The largest absolute Gasteiger partial charge is 0.506 e. The molecule has 1 saturated carbocycles. The number of Topliss-reactive ketones (excluding diaryl/α,β-unsaturated/α-hetero) is 1. The fourth-order valence-electron chi connectivity index (χ4n) is 4.12. The lowest BCUT2D eigenvalue weighted by atomic mass is 10.0. The van der Waals surface area contributed by atoms with Gasteiger partial charge in [-0.15, -0.1) is 0 Å². The zero-order valence-electron chi connectivity index (χ0n) is 14.3. The average molecular weight is 373 g/mol. The first-order chi connectivity index (χ1) is 12.6. The summed E-state index contributed by atoms with van der Waals surface area (Å²) in [6, 6.07) is 10.7. The van der Waals surface area contributed by atoms with Crippen molar-refractivity contribution in [3.8, 4) is 11.5 Å². The van der Waals surface area contributed by atoms with E-state index >= 15 is 0 Å². The van der Waals surface area contributed by atoms with Crippen LogP contribution in [-0.2, 0) is 0 Å². The molecule has 1 aromatic carbocycles. The van der Waals surface area contributed by atoms with Crippen molar-refractivity contribution in [2.75, 3.05) is 19.6 Å². The van der Waals surface area contributed by atoms with Gasteiger partial charge in [0.2, 0.25) is 0 Å². The molecule has 3 atom stereocenters. The summed E-state index contributed by atoms with van der Waals surface area (Å²) >= 11 is 6.18. The molecule has 2 aromatic rings. The molecule has 1 saturated heterocycles. The van der Waals surface area contributed by atoms with E-state index in [0.717, 1.165) is 31.7 Å². The van der Waals surface area contributed by atoms with E-state index in [9.17, 15) is 9.90 Å². The second-order valence-electron chi connectivity index (χ2n) is 7.18. The second kappa shape index (κ2) is 7.25. The van der Waals surface area contributed by atoms with Crippen LogP contribution in [0.2, 0.25) is 5.02 Å². The number of halogens is 1. The Morgan fingerprint density at radius 2 is 1.92 bits per heavy atom. The number of nitrogens with zero attached hydrogens (tertiary/aromatic N) is 2. The molecule has 26 heavy (non-hydrogen) atoms. The van der Waals surface area contributed by atoms with Gasteiger partial charge in [0.15, 0.2) is 5.78 Å². The Morgan fingerprint density at radius 3 is 2.58 bits per heavy atom. The van der Waals surface area contributed by atoms with E-state index in [4.69, 9.17) is 16.3 Å². The highest BCUT2D eigenvalue weighted by molar-refractivity contribution is 6.32. The lowest BCUT2D eigenvalue weighted by molar-refractivity contribution is 0.0932. The molecule has 1 aromatic heterocycles. The van der Waals surface area contributed by atoms with Crippen LogP contribution in [0.5, 0.6) is 11.5 Å². The van der Waals surface area contributed by atoms with Crippen molar-refractivity contribution in [2.45, 2.75) is 18.9 Å². The van der Waals surface area contributed by atoms with Crippen molar-refractivity contribution in [1.82, 2.24) is 9.88 Å². The Kier molecular flexibility index (Phi) is 4.83. The van der Waals surface area contributed by atoms with E-state index < -0.39 is 0 Å². The number of aromatic hydroxyl groups is 1. The maximum Gasteiger partial charge on any atom is 0.195 e. The first-order valence-electron chi connectivity index (χ1n) is 8.90. The molecular weight excluding hydrogens is 352 g/mol. The second-order valence-corrected chi connectivity index (χ2v) is 7.59. The molecule has 1 aliphatic heterocycles. The van der Waals surface area contributed by atoms with Gasteiger partial charge in [-0.05, 0) is 48.9 Å². The van der Waals surface area contributed by atoms with E-state index in [-0.39, 0.29) is 17.6 Å².